The molecule has 148 heavy (non-hydrogen) atoms. The maximum Gasteiger partial charge on any atom is 0.351 e. The lowest BCUT2D eigenvalue weighted by Gasteiger charge is -2.38. The van der Waals surface area contributed by atoms with Crippen molar-refractivity contribution in [2.75, 3.05) is 163 Å². The van der Waals surface area contributed by atoms with Crippen molar-refractivity contribution in [3.05, 3.63) is 119 Å². The van der Waals surface area contributed by atoms with Gasteiger partial charge in [-0.05, 0) is 26.3 Å². The molecule has 61 nitrogen and oxygen atoms in total. The van der Waals surface area contributed by atoms with Crippen LogP contribution < -0.4 is 76.3 Å². The SMILES string of the molecule is CC[C@H]1O[C@@H](n2cnc3c(N)ncnc32)CC1OP([O-])(=S)OC[C@H]1O[C@@H](n2cnc3c(N)ccnc32)[C@@H](OCCOC)C1OP(=O)([S-])OC[C@H]1O[C@@H](n2cnc3c(=O)[nH]c(N)nc32)[C@@H](OCCOC)C1OP([O-])(=S)OC[C@H]1O[C@@H](n2cc(C)c(=O)[nH]c2=O)[C@@H](OCCOC)C1OP([O-])(=S)OC[C@H]1O[C@@H](n2cnc3c(=O)[nH]c(N)nc32)[C@@H](OCCOC)C1OP([O-])(=S)OC[C@H]1O[C@@H](n2cc(C)c(N)nc2=O)[C@@H](OCCOC)C1O. The number of nitrogen functional groups attached to an aromatic ring is 5. The minimum atomic E-state index is -5.37. The molecule has 6 aliphatic heterocycles. The summed E-state index contributed by atoms with van der Waals surface area (Å²) in [7, 11) is 6.80. The molecule has 28 atom stereocenters. The Labute approximate surface area is 862 Å². The smallest absolute Gasteiger partial charge is 0.351 e. The van der Waals surface area contributed by atoms with Gasteiger partial charge < -0.3 is 187 Å². The molecule has 71 heteroatoms. The molecule has 6 saturated heterocycles. The summed E-state index contributed by atoms with van der Waals surface area (Å²) in [5, 5.41) is 11.8. The largest absolute Gasteiger partial charge is 0.780 e. The highest BCUT2D eigenvalue weighted by Crippen LogP contribution is 2.57. The molecule has 0 aromatic carbocycles. The lowest BCUT2D eigenvalue weighted by atomic mass is 10.1. The third-order valence-corrected chi connectivity index (χ3v) is 31.8. The van der Waals surface area contributed by atoms with E-state index < -0.39 is 242 Å². The normalized spacial score (nSPS) is 28.9. The van der Waals surface area contributed by atoms with E-state index >= 15 is 19.2 Å². The molecule has 16 rings (SSSR count). The number of nitrogens with two attached hydrogens (primary N) is 5. The number of aliphatic hydroxyl groups excluding tert-OH is 1. The fourth-order valence-electron chi connectivity index (χ4n) is 17.2. The first-order chi connectivity index (χ1) is 70.6. The van der Waals surface area contributed by atoms with Crippen LogP contribution in [-0.2, 0) is 185 Å². The number of hydrogen-bond acceptors (Lipinski definition) is 57. The van der Waals surface area contributed by atoms with E-state index in [4.69, 9.17) is 209 Å². The first kappa shape index (κ1) is 113. The van der Waals surface area contributed by atoms with Gasteiger partial charge in [0.05, 0.1) is 142 Å². The molecule has 10 aromatic heterocycles. The number of ether oxygens (including phenoxy) is 16. The molecule has 0 radical (unpaired) electrons. The van der Waals surface area contributed by atoms with Gasteiger partial charge in [-0.2, -0.15) is 15.0 Å². The van der Waals surface area contributed by atoms with Gasteiger partial charge in [0, 0.05) is 71.7 Å². The molecule has 10 aromatic rings. The number of hydrogen-bond donors (Lipinski definition) is 9. The summed E-state index contributed by atoms with van der Waals surface area (Å²) < 4.78 is 182. The molecule has 0 amide bonds. The van der Waals surface area contributed by atoms with E-state index in [9.17, 15) is 34.0 Å². The standard InChI is InChI=1S/C77H109N24O37P5S5/c1-9-38-39(22-45(128-38)98-31-87-47-61(80)84-30-85-63(47)98)134-139(108,144)124-26-42-52(57(120-19-14-115-6)71(131-42)99-32-86-46-37(78)10-11-83-62(46)99)137-143(112,148)127-29-44-54(59(122-21-16-117-8)73(133-44)101-34-89-49-65(101)92-75(82)94-68(49)105)138-142(111,147)125-27-41-51(56(119-18-13-114-5)70(130-41)97-24-36(3)66(103)95-77(97)107)135-141(110,146)126-28-43-53(58(121-20-15-116-7)72(132-43)100-33-88-48-64(100)91-74(81)93-67(48)104)136-140(109,145)123-25-40-50(102)55(118-17-12-113-4)69(129-40)96-23-35(2)60(79)90-76(96)106/h10-11,23-24,30-34,38-45,50-59,69-73,102H,9,12-22,25-29H2,1-8H3,(H2,78,83)(H,108,144)(H,109,145)(H,110,146)(H,111,147)(H,112,148)(H2,79,90,106)(H2,80,84,85)(H,95,103,107)(H3,81,91,93,104)(H3,82,92,94,105)/p-5/t38-,39?,40-,41-,42-,43-,44-,45-,50?,51?,52?,53?,54?,55+,56+,57+,58+,59+,69-,70-,71-,72-,73-,139?,140?,141?,142?,143?/m1/s1. The molecule has 14 N–H and O–H groups in total. The summed E-state index contributed by atoms with van der Waals surface area (Å²) in [4.78, 5) is 178. The number of aryl methyl sites for hydroxylation is 2. The van der Waals surface area contributed by atoms with Crippen LogP contribution in [0.2, 0.25) is 0 Å². The Balaban J connectivity index is 0.693. The number of anilines is 5. The molecule has 0 spiro atoms. The van der Waals surface area contributed by atoms with E-state index in [0.29, 0.717) is 23.1 Å². The summed E-state index contributed by atoms with van der Waals surface area (Å²) >= 11 is 28.5. The van der Waals surface area contributed by atoms with E-state index in [2.05, 4.69) is 64.8 Å². The van der Waals surface area contributed by atoms with Crippen LogP contribution in [0, 0.1) is 13.8 Å². The highest BCUT2D eigenvalue weighted by atomic mass is 32.7. The highest BCUT2D eigenvalue weighted by Gasteiger charge is 2.57. The molecule has 16 heterocycles. The van der Waals surface area contributed by atoms with Crippen molar-refractivity contribution in [3.63, 3.8) is 0 Å². The predicted molar refractivity (Wildman–Crippen MR) is 519 cm³/mol. The van der Waals surface area contributed by atoms with E-state index in [-0.39, 0.29) is 135 Å². The second-order valence-electron chi connectivity index (χ2n) is 33.7. The number of fused-ring (bicyclic) bond motifs is 4. The van der Waals surface area contributed by atoms with Gasteiger partial charge >= 0.3 is 11.4 Å². The third kappa shape index (κ3) is 25.8. The molecule has 0 bridgehead atoms. The number of methoxy groups -OCH3 is 5. The average molecular weight is 2270 g/mol. The maximum atomic E-state index is 15.8. The summed E-state index contributed by atoms with van der Waals surface area (Å²) in [5.74, 6) is -0.763. The number of aromatic nitrogens is 19. The fraction of sp³-hybridized carbons (Fsp3) is 0.623. The van der Waals surface area contributed by atoms with E-state index in [1.807, 2.05) is 0 Å². The van der Waals surface area contributed by atoms with Crippen LogP contribution in [0.5, 0.6) is 0 Å². The predicted octanol–water partition coefficient (Wildman–Crippen LogP) is -3.42. The maximum absolute atomic E-state index is 15.8. The van der Waals surface area contributed by atoms with Gasteiger partial charge in [-0.1, -0.05) is 54.2 Å². The number of H-pyrrole nitrogens is 3. The molecule has 6 aliphatic rings. The van der Waals surface area contributed by atoms with E-state index in [1.54, 1.807) is 18.4 Å². The molecule has 0 aliphatic carbocycles. The van der Waals surface area contributed by atoms with Crippen LogP contribution in [0.15, 0.2) is 80.3 Å². The van der Waals surface area contributed by atoms with Crippen LogP contribution in [0.25, 0.3) is 44.7 Å². The van der Waals surface area contributed by atoms with Crippen molar-refractivity contribution < 1.29 is 150 Å². The molecule has 6 fully saturated rings. The molecular formula is C77H104N24O37P5S5-5. The number of rotatable bonds is 52. The van der Waals surface area contributed by atoms with E-state index in [0.717, 1.165) is 28.0 Å². The quantitative estimate of drug-likeness (QED) is 0.0102. The molecular weight excluding hydrogens is 2170 g/mol. The van der Waals surface area contributed by atoms with Crippen molar-refractivity contribution in [1.82, 2.24) is 92.2 Å². The monoisotopic (exact) mass is 2270 g/mol. The Morgan fingerprint density at radius 1 is 0.426 bits per heavy atom. The van der Waals surface area contributed by atoms with Gasteiger partial charge in [0.25, 0.3) is 16.7 Å². The highest BCUT2D eigenvalue weighted by molar-refractivity contribution is 8.32. The number of aliphatic hydroxyl groups is 1. The van der Waals surface area contributed by atoms with Crippen LogP contribution in [-0.4, -0.2) is 336 Å². The first-order valence-electron chi connectivity index (χ1n) is 45.1. The Morgan fingerprint density at radius 2 is 0.818 bits per heavy atom. The Hall–Kier alpha value is -7.63. The number of pyridine rings is 1. The van der Waals surface area contributed by atoms with Gasteiger partial charge in [0.2, 0.25) is 11.9 Å². The Bertz CT molecular complexity index is 6920. The first-order valence-corrected chi connectivity index (χ1v) is 57.9. The number of aromatic amines is 3. The zero-order valence-electron chi connectivity index (χ0n) is 79.5. The van der Waals surface area contributed by atoms with Crippen LogP contribution >= 0.6 is 33.7 Å². The minimum absolute atomic E-state index is 0.0253. The Morgan fingerprint density at radius 3 is 1.29 bits per heavy atom. The number of imidazole rings is 4. The van der Waals surface area contributed by atoms with Crippen molar-refractivity contribution in [2.24, 2.45) is 0 Å². The van der Waals surface area contributed by atoms with Crippen LogP contribution in [0.1, 0.15) is 68.3 Å². The zero-order valence-corrected chi connectivity index (χ0v) is 88.0. The molecule has 0 saturated carbocycles. The van der Waals surface area contributed by atoms with Gasteiger partial charge in [0.15, 0.2) is 77.4 Å². The summed E-state index contributed by atoms with van der Waals surface area (Å²) in [6.07, 6.45) is -25.2. The van der Waals surface area contributed by atoms with Crippen LogP contribution in [0.3, 0.4) is 0 Å². The van der Waals surface area contributed by atoms with Gasteiger partial charge in [-0.15, -0.1) is 0 Å². The molecule has 814 valence electrons. The van der Waals surface area contributed by atoms with Gasteiger partial charge in [-0.3, -0.25) is 61.3 Å². The fourth-order valence-corrected chi connectivity index (χ4v) is 24.3. The van der Waals surface area contributed by atoms with Crippen LogP contribution in [0.4, 0.5) is 29.2 Å². The summed E-state index contributed by atoms with van der Waals surface area (Å²) in [6, 6.07) is 1.50. The summed E-state index contributed by atoms with van der Waals surface area (Å²) in [6.45, 7) is -27.6. The second kappa shape index (κ2) is 48.6. The van der Waals surface area contributed by atoms with Crippen molar-refractivity contribution in [2.45, 2.75) is 175 Å². The second-order valence-corrected chi connectivity index (χ2v) is 47.2. The number of nitrogens with zero attached hydrogens (tertiary/aromatic N) is 16. The minimum Gasteiger partial charge on any atom is -0.780 e. The van der Waals surface area contributed by atoms with E-state index in [1.165, 1.54) is 93.6 Å². The number of nitrogens with one attached hydrogen (secondary N) is 3. The summed E-state index contributed by atoms with van der Waals surface area (Å²) in [5.41, 5.74) is 26.7. The van der Waals surface area contributed by atoms with Crippen molar-refractivity contribution >= 4 is 167 Å². The lowest BCUT2D eigenvalue weighted by molar-refractivity contribution is -0.223. The molecule has 11 unspecified atom stereocenters. The van der Waals surface area contributed by atoms with Crippen molar-refractivity contribution in [3.8, 4) is 0 Å². The zero-order chi connectivity index (χ0) is 106. The Kier molecular flexibility index (Phi) is 37.1. The van der Waals surface area contributed by atoms with Gasteiger partial charge in [0.1, 0.15) is 148 Å². The van der Waals surface area contributed by atoms with Crippen molar-refractivity contribution in [1.29, 1.82) is 0 Å². The average Bonchev–Trinajstić information content (AvgIpc) is 1.59. The lowest BCUT2D eigenvalue weighted by Crippen LogP contribution is -2.42. The third-order valence-electron chi connectivity index (χ3n) is 24.1. The van der Waals surface area contributed by atoms with Gasteiger partial charge in [-0.25, -0.2) is 44.5 Å². The topological polar surface area (TPSA) is 791 Å².